The number of rotatable bonds is 1. The molecule has 0 amide bonds. The lowest BCUT2D eigenvalue weighted by Gasteiger charge is -2.07. The molecule has 0 atom stereocenters. The summed E-state index contributed by atoms with van der Waals surface area (Å²) in [5, 5.41) is 10.1. The quantitative estimate of drug-likeness (QED) is 0.216. The molecule has 0 unspecified atom stereocenters. The Labute approximate surface area is 234 Å². The number of nitrogens with zero attached hydrogens (tertiary/aromatic N) is 4. The first-order valence-corrected chi connectivity index (χ1v) is 13.8. The maximum Gasteiger partial charge on any atom is 0.161 e. The molecule has 0 fully saturated rings. The molecule has 4 nitrogen and oxygen atoms in total. The molecule has 4 heterocycles. The third-order valence-electron chi connectivity index (χ3n) is 8.20. The Hall–Kier alpha value is -5.61. The second kappa shape index (κ2) is 8.44. The smallest absolute Gasteiger partial charge is 0.161 e. The van der Waals surface area contributed by atoms with E-state index >= 15 is 0 Å². The number of hydrogen-bond acceptors (Lipinski definition) is 3. The van der Waals surface area contributed by atoms with Crippen LogP contribution in [0.25, 0.3) is 82.0 Å². The van der Waals surface area contributed by atoms with E-state index in [1.165, 1.54) is 16.2 Å². The van der Waals surface area contributed by atoms with Gasteiger partial charge >= 0.3 is 0 Å². The van der Waals surface area contributed by atoms with Crippen LogP contribution in [0, 0.1) is 0 Å². The molecule has 0 aliphatic rings. The standard InChI is InChI=1S/C37H22N4/c1-2-12-27-24-18-19-32-30(22-24)35-29(14-8-16-33(35)41(32)34-17-5-6-20-38-34)37-39-31-15-4-3-13-28(31)36(40-37)25-10-7-9-23(21-25)26(27)11-1/h1-22H. The lowest BCUT2D eigenvalue weighted by molar-refractivity contribution is 1.08. The molecular weight excluding hydrogens is 500 g/mol. The van der Waals surface area contributed by atoms with Crippen molar-refractivity contribution in [1.29, 1.82) is 0 Å². The summed E-state index contributed by atoms with van der Waals surface area (Å²) in [6.45, 7) is 0. The third kappa shape index (κ3) is 3.25. The van der Waals surface area contributed by atoms with Crippen LogP contribution in [-0.4, -0.2) is 19.5 Å². The van der Waals surface area contributed by atoms with Gasteiger partial charge in [0.1, 0.15) is 5.82 Å². The van der Waals surface area contributed by atoms with E-state index in [9.17, 15) is 0 Å². The van der Waals surface area contributed by atoms with Gasteiger partial charge in [0.25, 0.3) is 0 Å². The predicted octanol–water partition coefficient (Wildman–Crippen LogP) is 9.30. The van der Waals surface area contributed by atoms with Gasteiger partial charge in [0.15, 0.2) is 5.65 Å². The summed E-state index contributed by atoms with van der Waals surface area (Å²) in [6.07, 6.45) is 1.85. The first-order chi connectivity index (χ1) is 20.3. The van der Waals surface area contributed by atoms with Crippen molar-refractivity contribution in [2.45, 2.75) is 0 Å². The fourth-order valence-corrected chi connectivity index (χ4v) is 6.39. The SMILES string of the molecule is c1ccc(-n2c3ccc4cc3c3c(cccc32)c2nc3ccccc3c(n2)c2cccc(c2)c2ccccc42)nc1. The third-order valence-corrected chi connectivity index (χ3v) is 8.20. The topological polar surface area (TPSA) is 43.6 Å². The highest BCUT2D eigenvalue weighted by Gasteiger charge is 2.16. The van der Waals surface area contributed by atoms with E-state index in [0.717, 1.165) is 65.8 Å². The van der Waals surface area contributed by atoms with Crippen LogP contribution < -0.4 is 0 Å². The van der Waals surface area contributed by atoms with Gasteiger partial charge in [-0.2, -0.15) is 0 Å². The number of hydrogen-bond donors (Lipinski definition) is 0. The lowest BCUT2D eigenvalue weighted by Crippen LogP contribution is -1.96. The van der Waals surface area contributed by atoms with Crippen LogP contribution in [0.2, 0.25) is 0 Å². The molecule has 6 bridgehead atoms. The van der Waals surface area contributed by atoms with Crippen molar-refractivity contribution < 1.29 is 0 Å². The molecular formula is C37H22N4. The molecule has 0 aliphatic heterocycles. The number of pyridine rings is 1. The molecule has 190 valence electrons. The van der Waals surface area contributed by atoms with Crippen LogP contribution >= 0.6 is 0 Å². The molecule has 41 heavy (non-hydrogen) atoms. The molecule has 5 aromatic carbocycles. The summed E-state index contributed by atoms with van der Waals surface area (Å²) >= 11 is 0. The minimum atomic E-state index is 0.719. The highest BCUT2D eigenvalue weighted by atomic mass is 15.1. The molecule has 9 aromatic rings. The normalized spacial score (nSPS) is 11.9. The van der Waals surface area contributed by atoms with Crippen molar-refractivity contribution in [3.05, 3.63) is 134 Å². The van der Waals surface area contributed by atoms with Crippen LogP contribution in [0.1, 0.15) is 0 Å². The molecule has 0 saturated heterocycles. The van der Waals surface area contributed by atoms with Gasteiger partial charge in [-0.05, 0) is 64.0 Å². The van der Waals surface area contributed by atoms with E-state index in [1.54, 1.807) is 0 Å². The van der Waals surface area contributed by atoms with E-state index in [2.05, 4.69) is 114 Å². The lowest BCUT2D eigenvalue weighted by atomic mass is 10.0. The van der Waals surface area contributed by atoms with Crippen molar-refractivity contribution in [2.24, 2.45) is 0 Å². The molecule has 4 aromatic heterocycles. The highest BCUT2D eigenvalue weighted by Crippen LogP contribution is 2.38. The van der Waals surface area contributed by atoms with Crippen LogP contribution in [0.15, 0.2) is 134 Å². The number of aromatic nitrogens is 4. The van der Waals surface area contributed by atoms with Crippen molar-refractivity contribution >= 4 is 76.2 Å². The van der Waals surface area contributed by atoms with Gasteiger partial charge in [0.05, 0.1) is 22.1 Å². The van der Waals surface area contributed by atoms with Gasteiger partial charge in [0.2, 0.25) is 0 Å². The predicted molar refractivity (Wildman–Crippen MR) is 171 cm³/mol. The highest BCUT2D eigenvalue weighted by molar-refractivity contribution is 6.22. The van der Waals surface area contributed by atoms with E-state index in [-0.39, 0.29) is 0 Å². The van der Waals surface area contributed by atoms with Crippen molar-refractivity contribution in [3.8, 4) is 5.82 Å². The first kappa shape index (κ1) is 22.2. The zero-order chi connectivity index (χ0) is 26.9. The van der Waals surface area contributed by atoms with Gasteiger partial charge in [-0.3, -0.25) is 4.57 Å². The molecule has 0 spiro atoms. The van der Waals surface area contributed by atoms with Gasteiger partial charge in [-0.1, -0.05) is 84.9 Å². The number of fused-ring (bicyclic) bond motifs is 12. The average Bonchev–Trinajstić information content (AvgIpc) is 3.38. The largest absolute Gasteiger partial charge is 0.294 e. The Bertz CT molecular complexity index is 2530. The van der Waals surface area contributed by atoms with E-state index in [0.29, 0.717) is 0 Å². The van der Waals surface area contributed by atoms with E-state index < -0.39 is 0 Å². The summed E-state index contributed by atoms with van der Waals surface area (Å²) in [6, 6.07) is 45.0. The minimum absolute atomic E-state index is 0.719. The Morgan fingerprint density at radius 1 is 0.463 bits per heavy atom. The molecule has 0 aliphatic carbocycles. The molecule has 0 saturated carbocycles. The second-order valence-corrected chi connectivity index (χ2v) is 10.5. The van der Waals surface area contributed by atoms with Crippen molar-refractivity contribution in [3.63, 3.8) is 0 Å². The van der Waals surface area contributed by atoms with Crippen LogP contribution in [0.3, 0.4) is 0 Å². The summed E-state index contributed by atoms with van der Waals surface area (Å²) in [5.41, 5.74) is 4.77. The zero-order valence-corrected chi connectivity index (χ0v) is 22.0. The minimum Gasteiger partial charge on any atom is -0.294 e. The van der Waals surface area contributed by atoms with Crippen molar-refractivity contribution in [2.75, 3.05) is 0 Å². The second-order valence-electron chi connectivity index (χ2n) is 10.5. The van der Waals surface area contributed by atoms with Crippen LogP contribution in [-0.2, 0) is 0 Å². The maximum absolute atomic E-state index is 5.29. The van der Waals surface area contributed by atoms with Crippen LogP contribution in [0.4, 0.5) is 0 Å². The van der Waals surface area contributed by atoms with Gasteiger partial charge in [-0.15, -0.1) is 0 Å². The van der Waals surface area contributed by atoms with Gasteiger partial charge < -0.3 is 0 Å². The Morgan fingerprint density at radius 3 is 2.05 bits per heavy atom. The number of benzene rings is 5. The van der Waals surface area contributed by atoms with E-state index in [1.807, 2.05) is 24.4 Å². The fourth-order valence-electron chi connectivity index (χ4n) is 6.39. The molecule has 0 N–H and O–H groups in total. The maximum atomic E-state index is 5.29. The monoisotopic (exact) mass is 522 g/mol. The molecule has 4 heteroatoms. The zero-order valence-electron chi connectivity index (χ0n) is 22.0. The molecule has 9 rings (SSSR count). The van der Waals surface area contributed by atoms with Crippen LogP contribution in [0.5, 0.6) is 0 Å². The van der Waals surface area contributed by atoms with Crippen molar-refractivity contribution in [1.82, 2.24) is 19.5 Å². The Morgan fingerprint density at radius 2 is 1.20 bits per heavy atom. The Balaban J connectivity index is 1.65. The molecule has 0 radical (unpaired) electrons. The van der Waals surface area contributed by atoms with E-state index in [4.69, 9.17) is 15.0 Å². The Kier molecular flexibility index (Phi) is 4.58. The van der Waals surface area contributed by atoms with Gasteiger partial charge in [0, 0.05) is 33.1 Å². The summed E-state index contributed by atoms with van der Waals surface area (Å²) in [5.74, 6) is 0.883. The average molecular weight is 523 g/mol. The van der Waals surface area contributed by atoms with Gasteiger partial charge in [-0.25, -0.2) is 15.0 Å². The number of para-hydroxylation sites is 1. The first-order valence-electron chi connectivity index (χ1n) is 13.8. The summed E-state index contributed by atoms with van der Waals surface area (Å²) in [7, 11) is 0. The summed E-state index contributed by atoms with van der Waals surface area (Å²) in [4.78, 5) is 15.2. The summed E-state index contributed by atoms with van der Waals surface area (Å²) < 4.78 is 2.25. The fraction of sp³-hybridized carbons (Fsp3) is 0.